The normalized spacial score (nSPS) is 17.2. The van der Waals surface area contributed by atoms with Crippen molar-refractivity contribution in [3.05, 3.63) is 48.0 Å². The third kappa shape index (κ3) is 3.67. The van der Waals surface area contributed by atoms with Gasteiger partial charge in [-0.05, 0) is 48.6 Å². The minimum atomic E-state index is -0.234. The lowest BCUT2D eigenvalue weighted by Crippen LogP contribution is -2.29. The van der Waals surface area contributed by atoms with Gasteiger partial charge in [-0.1, -0.05) is 31.0 Å². The highest BCUT2D eigenvalue weighted by Gasteiger charge is 2.33. The molecule has 2 aromatic rings. The molecular weight excluding hydrogens is 356 g/mol. The molecule has 0 bridgehead atoms. The van der Waals surface area contributed by atoms with Crippen LogP contribution >= 0.6 is 0 Å². The number of hydrogen-bond donors (Lipinski definition) is 2. The number of carbonyl (C=O) groups is 2. The van der Waals surface area contributed by atoms with E-state index in [-0.39, 0.29) is 24.3 Å². The lowest BCUT2D eigenvalue weighted by atomic mass is 9.84. The first-order valence-corrected chi connectivity index (χ1v) is 9.66. The second kappa shape index (κ2) is 7.92. The van der Waals surface area contributed by atoms with Gasteiger partial charge in [-0.25, -0.2) is 0 Å². The van der Waals surface area contributed by atoms with Crippen LogP contribution in [0.4, 0.5) is 11.4 Å². The molecule has 1 fully saturated rings. The van der Waals surface area contributed by atoms with Crippen molar-refractivity contribution in [2.24, 2.45) is 5.92 Å². The predicted octanol–water partition coefficient (Wildman–Crippen LogP) is 3.94. The van der Waals surface area contributed by atoms with E-state index in [0.29, 0.717) is 23.0 Å². The van der Waals surface area contributed by atoms with Gasteiger partial charge >= 0.3 is 0 Å². The second-order valence-corrected chi connectivity index (χ2v) is 7.30. The highest BCUT2D eigenvalue weighted by molar-refractivity contribution is 6.01. The highest BCUT2D eigenvalue weighted by Crippen LogP contribution is 2.40. The van der Waals surface area contributed by atoms with Crippen LogP contribution in [0.25, 0.3) is 0 Å². The fourth-order valence-electron chi connectivity index (χ4n) is 4.16. The molecule has 0 saturated heterocycles. The van der Waals surface area contributed by atoms with Crippen molar-refractivity contribution in [1.29, 1.82) is 0 Å². The summed E-state index contributed by atoms with van der Waals surface area (Å²) in [7, 11) is 1.63. The van der Waals surface area contributed by atoms with Crippen LogP contribution in [0.5, 0.6) is 11.5 Å². The smallest absolute Gasteiger partial charge is 0.262 e. The summed E-state index contributed by atoms with van der Waals surface area (Å²) < 4.78 is 10.8. The molecule has 0 aromatic heterocycles. The fraction of sp³-hybridized carbons (Fsp3) is 0.364. The summed E-state index contributed by atoms with van der Waals surface area (Å²) in [5, 5.41) is 5.82. The molecule has 2 aromatic carbocycles. The van der Waals surface area contributed by atoms with E-state index in [4.69, 9.17) is 9.47 Å². The number of methoxy groups -OCH3 is 1. The van der Waals surface area contributed by atoms with Crippen molar-refractivity contribution >= 4 is 23.2 Å². The summed E-state index contributed by atoms with van der Waals surface area (Å²) in [6.07, 6.45) is 4.40. The Balaban J connectivity index is 1.61. The van der Waals surface area contributed by atoms with Gasteiger partial charge in [0.05, 0.1) is 24.4 Å². The van der Waals surface area contributed by atoms with Crippen LogP contribution in [-0.2, 0) is 9.59 Å². The molecule has 6 heteroatoms. The Morgan fingerprint density at radius 1 is 1.18 bits per heavy atom. The molecular formula is C22H24N2O4. The van der Waals surface area contributed by atoms with Crippen LogP contribution in [0.2, 0.25) is 0 Å². The van der Waals surface area contributed by atoms with Crippen LogP contribution in [0.3, 0.4) is 0 Å². The van der Waals surface area contributed by atoms with Crippen molar-refractivity contribution in [2.45, 2.75) is 31.6 Å². The molecule has 1 heterocycles. The summed E-state index contributed by atoms with van der Waals surface area (Å²) in [5.41, 5.74) is 2.15. The van der Waals surface area contributed by atoms with E-state index in [1.165, 1.54) is 0 Å². The minimum absolute atomic E-state index is 0.0500. The van der Waals surface area contributed by atoms with E-state index in [1.807, 2.05) is 24.3 Å². The Kier molecular flexibility index (Phi) is 5.19. The zero-order chi connectivity index (χ0) is 19.5. The zero-order valence-electron chi connectivity index (χ0n) is 15.9. The molecule has 28 heavy (non-hydrogen) atoms. The Morgan fingerprint density at radius 3 is 2.64 bits per heavy atom. The summed E-state index contributed by atoms with van der Waals surface area (Å²) in [6.45, 7) is -0.0512. The lowest BCUT2D eigenvalue weighted by Gasteiger charge is -2.25. The van der Waals surface area contributed by atoms with Crippen LogP contribution < -0.4 is 20.1 Å². The van der Waals surface area contributed by atoms with Gasteiger partial charge in [0.2, 0.25) is 5.91 Å². The number of fused-ring (bicyclic) bond motifs is 1. The molecule has 6 nitrogen and oxygen atoms in total. The number of ether oxygens (including phenoxy) is 2. The molecule has 1 atom stereocenters. The number of amides is 2. The van der Waals surface area contributed by atoms with Gasteiger partial charge in [0.1, 0.15) is 5.75 Å². The first kappa shape index (κ1) is 18.3. The van der Waals surface area contributed by atoms with Gasteiger partial charge < -0.3 is 20.1 Å². The van der Waals surface area contributed by atoms with Crippen molar-refractivity contribution < 1.29 is 19.1 Å². The van der Waals surface area contributed by atoms with Crippen molar-refractivity contribution in [3.63, 3.8) is 0 Å². The number of anilines is 2. The van der Waals surface area contributed by atoms with E-state index < -0.39 is 0 Å². The van der Waals surface area contributed by atoms with Gasteiger partial charge in [-0.2, -0.15) is 0 Å². The van der Waals surface area contributed by atoms with Crippen molar-refractivity contribution in [1.82, 2.24) is 0 Å². The number of rotatable bonds is 5. The van der Waals surface area contributed by atoms with E-state index in [9.17, 15) is 9.59 Å². The second-order valence-electron chi connectivity index (χ2n) is 7.30. The quantitative estimate of drug-likeness (QED) is 0.824. The molecule has 0 radical (unpaired) electrons. The molecule has 2 amide bonds. The monoisotopic (exact) mass is 380 g/mol. The fourth-order valence-corrected chi connectivity index (χ4v) is 4.16. The van der Waals surface area contributed by atoms with Crippen molar-refractivity contribution in [3.8, 4) is 11.5 Å². The molecule has 1 unspecified atom stereocenters. The van der Waals surface area contributed by atoms with E-state index in [1.54, 1.807) is 25.3 Å². The molecule has 1 aliphatic heterocycles. The molecule has 2 N–H and O–H groups in total. The number of benzene rings is 2. The third-order valence-electron chi connectivity index (χ3n) is 5.52. The molecule has 0 spiro atoms. The molecule has 146 valence electrons. The summed E-state index contributed by atoms with van der Waals surface area (Å²) in [4.78, 5) is 24.9. The van der Waals surface area contributed by atoms with Crippen molar-refractivity contribution in [2.75, 3.05) is 24.4 Å². The maximum Gasteiger partial charge on any atom is 0.262 e. The van der Waals surface area contributed by atoms with Gasteiger partial charge in [-0.3, -0.25) is 9.59 Å². The lowest BCUT2D eigenvalue weighted by molar-refractivity contribution is -0.119. The highest BCUT2D eigenvalue weighted by atomic mass is 16.5. The average Bonchev–Trinajstić information content (AvgIpc) is 3.23. The van der Waals surface area contributed by atoms with E-state index in [0.717, 1.165) is 37.0 Å². The number of para-hydroxylation sites is 1. The maximum atomic E-state index is 13.3. The topological polar surface area (TPSA) is 76.7 Å². The van der Waals surface area contributed by atoms with E-state index >= 15 is 0 Å². The first-order chi connectivity index (χ1) is 13.7. The molecule has 1 saturated carbocycles. The minimum Gasteiger partial charge on any atom is -0.497 e. The number of nitrogens with one attached hydrogen (secondary N) is 2. The van der Waals surface area contributed by atoms with Gasteiger partial charge in [0.25, 0.3) is 5.91 Å². The summed E-state index contributed by atoms with van der Waals surface area (Å²) in [6, 6.07) is 13.1. The average molecular weight is 380 g/mol. The Hall–Kier alpha value is -3.02. The zero-order valence-corrected chi connectivity index (χ0v) is 15.9. The predicted molar refractivity (Wildman–Crippen MR) is 107 cm³/mol. The van der Waals surface area contributed by atoms with Crippen LogP contribution in [-0.4, -0.2) is 25.5 Å². The molecule has 4 rings (SSSR count). The number of carbonyl (C=O) groups excluding carboxylic acids is 2. The SMILES string of the molecule is COc1ccc(C(C(=O)Nc2cccc3c2OCC(=O)N3)C2CCCC2)cc1. The third-order valence-corrected chi connectivity index (χ3v) is 5.52. The van der Waals surface area contributed by atoms with Gasteiger partial charge in [-0.15, -0.1) is 0 Å². The number of hydrogen-bond acceptors (Lipinski definition) is 4. The maximum absolute atomic E-state index is 13.3. The molecule has 2 aliphatic rings. The largest absolute Gasteiger partial charge is 0.497 e. The Bertz CT molecular complexity index is 873. The standard InChI is InChI=1S/C22H24N2O4/c1-27-16-11-9-15(10-12-16)20(14-5-2-3-6-14)22(26)24-18-8-4-7-17-21(18)28-13-19(25)23-17/h4,7-12,14,20H,2-3,5-6,13H2,1H3,(H,23,25)(H,24,26). The van der Waals surface area contributed by atoms with Crippen LogP contribution in [0.1, 0.15) is 37.2 Å². The Morgan fingerprint density at radius 2 is 1.93 bits per heavy atom. The first-order valence-electron chi connectivity index (χ1n) is 9.66. The van der Waals surface area contributed by atoms with Gasteiger partial charge in [0.15, 0.2) is 12.4 Å². The summed E-state index contributed by atoms with van der Waals surface area (Å²) >= 11 is 0. The van der Waals surface area contributed by atoms with Gasteiger partial charge in [0, 0.05) is 0 Å². The molecule has 1 aliphatic carbocycles. The van der Waals surface area contributed by atoms with E-state index in [2.05, 4.69) is 10.6 Å². The summed E-state index contributed by atoms with van der Waals surface area (Å²) in [5.74, 6) is 1.12. The van der Waals surface area contributed by atoms with Crippen LogP contribution in [0, 0.1) is 5.92 Å². The Labute approximate surface area is 164 Å². The van der Waals surface area contributed by atoms with Crippen LogP contribution in [0.15, 0.2) is 42.5 Å².